The number of carbonyl (C=O) groups excluding carboxylic acids is 1. The number of hydrogen-bond acceptors (Lipinski definition) is 5. The van der Waals surface area contributed by atoms with Crippen LogP contribution >= 0.6 is 11.6 Å². The maximum atomic E-state index is 12.4. The Kier molecular flexibility index (Phi) is 5.77. The molecule has 1 heterocycles. The molecule has 1 amide bonds. The number of para-hydroxylation sites is 1. The number of anilines is 1. The summed E-state index contributed by atoms with van der Waals surface area (Å²) in [6.45, 7) is 1.73. The average Bonchev–Trinajstić information content (AvgIpc) is 3.26. The minimum absolute atomic E-state index is 0.144. The number of hydrogen-bond donors (Lipinski definition) is 1. The number of benzene rings is 3. The number of nitrogens with one attached hydrogen (secondary N) is 1. The molecule has 150 valence electrons. The predicted molar refractivity (Wildman–Crippen MR) is 115 cm³/mol. The Hall–Kier alpha value is -3.64. The largest absolute Gasteiger partial charge is 0.484 e. The number of amides is 1. The lowest BCUT2D eigenvalue weighted by Crippen LogP contribution is -2.20. The van der Waals surface area contributed by atoms with E-state index < -0.39 is 0 Å². The normalized spacial score (nSPS) is 10.6. The van der Waals surface area contributed by atoms with Gasteiger partial charge in [-0.05, 0) is 42.8 Å². The molecule has 0 fully saturated rings. The molecule has 1 aromatic heterocycles. The molecule has 0 saturated carbocycles. The average molecular weight is 420 g/mol. The van der Waals surface area contributed by atoms with Crippen molar-refractivity contribution in [3.63, 3.8) is 0 Å². The van der Waals surface area contributed by atoms with E-state index in [-0.39, 0.29) is 12.5 Å². The molecule has 0 unspecified atom stereocenters. The van der Waals surface area contributed by atoms with Crippen LogP contribution in [0, 0.1) is 6.92 Å². The molecular weight excluding hydrogens is 402 g/mol. The Balaban J connectivity index is 1.47. The molecule has 4 aromatic rings. The van der Waals surface area contributed by atoms with E-state index in [2.05, 4.69) is 15.5 Å². The van der Waals surface area contributed by atoms with Gasteiger partial charge in [0.25, 0.3) is 11.8 Å². The van der Waals surface area contributed by atoms with Gasteiger partial charge in [-0.1, -0.05) is 59.2 Å². The highest BCUT2D eigenvalue weighted by Gasteiger charge is 2.15. The van der Waals surface area contributed by atoms with Crippen LogP contribution in [0.1, 0.15) is 5.56 Å². The van der Waals surface area contributed by atoms with Crippen LogP contribution in [0.4, 0.5) is 5.69 Å². The molecule has 0 aliphatic heterocycles. The minimum atomic E-state index is -0.308. The van der Waals surface area contributed by atoms with Crippen LogP contribution < -0.4 is 10.1 Å². The molecule has 0 saturated heterocycles. The van der Waals surface area contributed by atoms with Crippen molar-refractivity contribution in [1.29, 1.82) is 0 Å². The van der Waals surface area contributed by atoms with E-state index >= 15 is 0 Å². The van der Waals surface area contributed by atoms with E-state index in [0.717, 1.165) is 11.1 Å². The molecule has 7 heteroatoms. The van der Waals surface area contributed by atoms with Gasteiger partial charge in [0, 0.05) is 10.6 Å². The number of aromatic nitrogens is 2. The van der Waals surface area contributed by atoms with E-state index in [1.165, 1.54) is 0 Å². The molecule has 3 aromatic carbocycles. The molecule has 4 rings (SSSR count). The van der Waals surface area contributed by atoms with E-state index in [1.54, 1.807) is 30.3 Å². The molecule has 0 spiro atoms. The second kappa shape index (κ2) is 8.80. The molecule has 0 aliphatic rings. The van der Waals surface area contributed by atoms with E-state index in [4.69, 9.17) is 20.9 Å². The third-order valence-corrected chi connectivity index (χ3v) is 4.81. The maximum absolute atomic E-state index is 12.4. The molecule has 6 nitrogen and oxygen atoms in total. The topological polar surface area (TPSA) is 77.2 Å². The first-order valence-corrected chi connectivity index (χ1v) is 9.65. The first-order chi connectivity index (χ1) is 14.6. The Morgan fingerprint density at radius 1 is 1.07 bits per heavy atom. The van der Waals surface area contributed by atoms with Gasteiger partial charge < -0.3 is 14.6 Å². The molecule has 0 atom stereocenters. The number of nitrogens with zero attached hydrogens (tertiary/aromatic N) is 2. The zero-order chi connectivity index (χ0) is 20.9. The van der Waals surface area contributed by atoms with Gasteiger partial charge in [-0.25, -0.2) is 0 Å². The lowest BCUT2D eigenvalue weighted by Gasteiger charge is -2.10. The molecule has 1 N–H and O–H groups in total. The lowest BCUT2D eigenvalue weighted by atomic mass is 10.1. The van der Waals surface area contributed by atoms with Crippen LogP contribution in [-0.4, -0.2) is 22.7 Å². The zero-order valence-corrected chi connectivity index (χ0v) is 16.9. The number of ether oxygens (including phenoxy) is 1. The van der Waals surface area contributed by atoms with Crippen LogP contribution in [0.5, 0.6) is 5.75 Å². The first-order valence-electron chi connectivity index (χ1n) is 9.27. The van der Waals surface area contributed by atoms with Crippen molar-refractivity contribution in [3.05, 3.63) is 83.4 Å². The van der Waals surface area contributed by atoms with Crippen LogP contribution in [0.25, 0.3) is 22.8 Å². The minimum Gasteiger partial charge on any atom is -0.484 e. The summed E-state index contributed by atoms with van der Waals surface area (Å²) >= 11 is 6.01. The standard InChI is InChI=1S/C23H18ClN3O3/c1-15-13-17(11-12-19(15)24)29-14-21(28)25-20-10-6-5-9-18(20)23-26-22(27-30-23)16-7-3-2-4-8-16/h2-13H,14H2,1H3,(H,25,28). The third-order valence-electron chi connectivity index (χ3n) is 4.39. The quantitative estimate of drug-likeness (QED) is 0.453. The van der Waals surface area contributed by atoms with Crippen molar-refractivity contribution >= 4 is 23.2 Å². The zero-order valence-electron chi connectivity index (χ0n) is 16.1. The fourth-order valence-electron chi connectivity index (χ4n) is 2.86. The highest BCUT2D eigenvalue weighted by Crippen LogP contribution is 2.28. The predicted octanol–water partition coefficient (Wildman–Crippen LogP) is 5.38. The van der Waals surface area contributed by atoms with Crippen molar-refractivity contribution in [1.82, 2.24) is 10.1 Å². The molecule has 0 aliphatic carbocycles. The van der Waals surface area contributed by atoms with Crippen molar-refractivity contribution < 1.29 is 14.1 Å². The maximum Gasteiger partial charge on any atom is 0.262 e. The SMILES string of the molecule is Cc1cc(OCC(=O)Nc2ccccc2-c2nc(-c3ccccc3)no2)ccc1Cl. The highest BCUT2D eigenvalue weighted by molar-refractivity contribution is 6.31. The second-order valence-corrected chi connectivity index (χ2v) is 6.99. The van der Waals surface area contributed by atoms with Gasteiger partial charge >= 0.3 is 0 Å². The molecule has 0 radical (unpaired) electrons. The van der Waals surface area contributed by atoms with Crippen molar-refractivity contribution in [2.75, 3.05) is 11.9 Å². The summed E-state index contributed by atoms with van der Waals surface area (Å²) in [5.74, 6) is 1.06. The van der Waals surface area contributed by atoms with Gasteiger partial charge in [-0.3, -0.25) is 4.79 Å². The fourth-order valence-corrected chi connectivity index (χ4v) is 2.98. The van der Waals surface area contributed by atoms with Gasteiger partial charge in [-0.2, -0.15) is 4.98 Å². The molecular formula is C23H18ClN3O3. The summed E-state index contributed by atoms with van der Waals surface area (Å²) in [6, 6.07) is 22.0. The smallest absolute Gasteiger partial charge is 0.262 e. The van der Waals surface area contributed by atoms with Crippen molar-refractivity contribution in [3.8, 4) is 28.6 Å². The molecule has 0 bridgehead atoms. The summed E-state index contributed by atoms with van der Waals surface area (Å²) in [7, 11) is 0. The van der Waals surface area contributed by atoms with Crippen LogP contribution in [0.2, 0.25) is 5.02 Å². The third kappa shape index (κ3) is 4.50. The summed E-state index contributed by atoms with van der Waals surface area (Å²) in [5, 5.41) is 7.52. The van der Waals surface area contributed by atoms with Crippen molar-refractivity contribution in [2.45, 2.75) is 6.92 Å². The Labute approximate surface area is 178 Å². The number of carbonyl (C=O) groups is 1. The summed E-state index contributed by atoms with van der Waals surface area (Å²) in [4.78, 5) is 16.9. The number of halogens is 1. The second-order valence-electron chi connectivity index (χ2n) is 6.58. The molecule has 30 heavy (non-hydrogen) atoms. The van der Waals surface area contributed by atoms with E-state index in [9.17, 15) is 4.79 Å². The summed E-state index contributed by atoms with van der Waals surface area (Å²) < 4.78 is 11.0. The van der Waals surface area contributed by atoms with E-state index in [0.29, 0.717) is 33.7 Å². The van der Waals surface area contributed by atoms with Gasteiger partial charge in [0.15, 0.2) is 6.61 Å². The monoisotopic (exact) mass is 419 g/mol. The van der Waals surface area contributed by atoms with Gasteiger partial charge in [-0.15, -0.1) is 0 Å². The van der Waals surface area contributed by atoms with Gasteiger partial charge in [0.05, 0.1) is 11.3 Å². The Bertz CT molecular complexity index is 1180. The summed E-state index contributed by atoms with van der Waals surface area (Å²) in [5.41, 5.74) is 2.91. The Morgan fingerprint density at radius 2 is 1.83 bits per heavy atom. The summed E-state index contributed by atoms with van der Waals surface area (Å²) in [6.07, 6.45) is 0. The van der Waals surface area contributed by atoms with Crippen LogP contribution in [0.3, 0.4) is 0 Å². The van der Waals surface area contributed by atoms with Gasteiger partial charge in [0.1, 0.15) is 5.75 Å². The lowest BCUT2D eigenvalue weighted by molar-refractivity contribution is -0.118. The fraction of sp³-hybridized carbons (Fsp3) is 0.0870. The van der Waals surface area contributed by atoms with Crippen LogP contribution in [0.15, 0.2) is 77.3 Å². The van der Waals surface area contributed by atoms with Gasteiger partial charge in [0.2, 0.25) is 5.82 Å². The highest BCUT2D eigenvalue weighted by atomic mass is 35.5. The van der Waals surface area contributed by atoms with Crippen LogP contribution in [-0.2, 0) is 4.79 Å². The number of aryl methyl sites for hydroxylation is 1. The first kappa shape index (κ1) is 19.7. The van der Waals surface area contributed by atoms with Crippen molar-refractivity contribution in [2.24, 2.45) is 0 Å². The van der Waals surface area contributed by atoms with E-state index in [1.807, 2.05) is 49.4 Å². The number of rotatable bonds is 6. The Morgan fingerprint density at radius 3 is 2.63 bits per heavy atom.